The van der Waals surface area contributed by atoms with Gasteiger partial charge in [-0.3, -0.25) is 9.48 Å². The topological polar surface area (TPSA) is 65.2 Å². The SMILES string of the molecule is CC1CCc2ncc(C(=O)N3CCOC(Cn4cccn4)C3)n2C1. The van der Waals surface area contributed by atoms with Crippen molar-refractivity contribution in [1.29, 1.82) is 0 Å². The van der Waals surface area contributed by atoms with Gasteiger partial charge in [0.15, 0.2) is 0 Å². The summed E-state index contributed by atoms with van der Waals surface area (Å²) in [6, 6.07) is 1.89. The van der Waals surface area contributed by atoms with Gasteiger partial charge in [0.05, 0.1) is 25.5 Å². The van der Waals surface area contributed by atoms with Gasteiger partial charge in [-0.1, -0.05) is 6.92 Å². The Balaban J connectivity index is 1.47. The van der Waals surface area contributed by atoms with Crippen LogP contribution < -0.4 is 0 Å². The zero-order chi connectivity index (χ0) is 16.5. The van der Waals surface area contributed by atoms with E-state index in [1.54, 1.807) is 12.4 Å². The van der Waals surface area contributed by atoms with Crippen molar-refractivity contribution in [2.45, 2.75) is 39.0 Å². The van der Waals surface area contributed by atoms with E-state index in [4.69, 9.17) is 4.74 Å². The molecule has 0 radical (unpaired) electrons. The first-order valence-corrected chi connectivity index (χ1v) is 8.63. The maximum atomic E-state index is 13.0. The lowest BCUT2D eigenvalue weighted by Crippen LogP contribution is -2.47. The average molecular weight is 329 g/mol. The molecule has 4 heterocycles. The molecule has 128 valence electrons. The van der Waals surface area contributed by atoms with Gasteiger partial charge in [-0.2, -0.15) is 5.10 Å². The Kier molecular flexibility index (Phi) is 4.10. The first-order chi connectivity index (χ1) is 11.7. The van der Waals surface area contributed by atoms with Crippen LogP contribution in [0.15, 0.2) is 24.7 Å². The number of aryl methyl sites for hydroxylation is 1. The summed E-state index contributed by atoms with van der Waals surface area (Å²) in [4.78, 5) is 19.3. The molecule has 2 aliphatic heterocycles. The molecule has 1 saturated heterocycles. The number of carbonyl (C=O) groups excluding carboxylic acids is 1. The van der Waals surface area contributed by atoms with Crippen molar-refractivity contribution in [2.24, 2.45) is 5.92 Å². The van der Waals surface area contributed by atoms with Gasteiger partial charge in [0.1, 0.15) is 11.5 Å². The summed E-state index contributed by atoms with van der Waals surface area (Å²) in [5, 5.41) is 4.22. The maximum absolute atomic E-state index is 13.0. The van der Waals surface area contributed by atoms with E-state index in [0.29, 0.717) is 32.2 Å². The Hall–Kier alpha value is -2.15. The Morgan fingerprint density at radius 2 is 2.33 bits per heavy atom. The van der Waals surface area contributed by atoms with Crippen LogP contribution in [-0.2, 0) is 24.2 Å². The molecule has 0 aliphatic carbocycles. The fraction of sp³-hybridized carbons (Fsp3) is 0.588. The number of fused-ring (bicyclic) bond motifs is 1. The van der Waals surface area contributed by atoms with E-state index in [9.17, 15) is 4.79 Å². The van der Waals surface area contributed by atoms with Crippen LogP contribution in [0, 0.1) is 5.92 Å². The number of morpholine rings is 1. The van der Waals surface area contributed by atoms with Crippen LogP contribution in [0.25, 0.3) is 0 Å². The van der Waals surface area contributed by atoms with E-state index in [-0.39, 0.29) is 12.0 Å². The molecule has 0 N–H and O–H groups in total. The van der Waals surface area contributed by atoms with Crippen LogP contribution in [0.1, 0.15) is 29.7 Å². The van der Waals surface area contributed by atoms with Gasteiger partial charge in [0, 0.05) is 38.4 Å². The van der Waals surface area contributed by atoms with Gasteiger partial charge < -0.3 is 14.2 Å². The fourth-order valence-corrected chi connectivity index (χ4v) is 3.56. The summed E-state index contributed by atoms with van der Waals surface area (Å²) in [5.74, 6) is 1.70. The molecule has 0 spiro atoms. The lowest BCUT2D eigenvalue weighted by atomic mass is 10.0. The van der Waals surface area contributed by atoms with Crippen LogP contribution in [0.4, 0.5) is 0 Å². The molecule has 0 bridgehead atoms. The quantitative estimate of drug-likeness (QED) is 0.849. The smallest absolute Gasteiger partial charge is 0.272 e. The van der Waals surface area contributed by atoms with Crippen LogP contribution in [0.3, 0.4) is 0 Å². The molecule has 7 nitrogen and oxygen atoms in total. The minimum absolute atomic E-state index is 0.0229. The Labute approximate surface area is 141 Å². The van der Waals surface area contributed by atoms with E-state index < -0.39 is 0 Å². The Bertz CT molecular complexity index is 709. The minimum atomic E-state index is -0.0229. The third-order valence-electron chi connectivity index (χ3n) is 4.89. The molecule has 7 heteroatoms. The highest BCUT2D eigenvalue weighted by Gasteiger charge is 2.29. The fourth-order valence-electron chi connectivity index (χ4n) is 3.56. The molecule has 2 unspecified atom stereocenters. The van der Waals surface area contributed by atoms with Crippen molar-refractivity contribution >= 4 is 5.91 Å². The molecule has 0 saturated carbocycles. The second kappa shape index (κ2) is 6.39. The van der Waals surface area contributed by atoms with Crippen LogP contribution in [0.2, 0.25) is 0 Å². The number of rotatable bonds is 3. The maximum Gasteiger partial charge on any atom is 0.272 e. The summed E-state index contributed by atoms with van der Waals surface area (Å²) >= 11 is 0. The average Bonchev–Trinajstić information content (AvgIpc) is 3.23. The minimum Gasteiger partial charge on any atom is -0.373 e. The van der Waals surface area contributed by atoms with Crippen molar-refractivity contribution in [2.75, 3.05) is 19.7 Å². The van der Waals surface area contributed by atoms with Gasteiger partial charge in [-0.25, -0.2) is 4.98 Å². The second-order valence-electron chi connectivity index (χ2n) is 6.79. The zero-order valence-corrected chi connectivity index (χ0v) is 14.0. The Morgan fingerprint density at radius 1 is 1.42 bits per heavy atom. The number of ether oxygens (including phenoxy) is 1. The van der Waals surface area contributed by atoms with Gasteiger partial charge >= 0.3 is 0 Å². The monoisotopic (exact) mass is 329 g/mol. The first kappa shape index (κ1) is 15.4. The van der Waals surface area contributed by atoms with E-state index >= 15 is 0 Å². The van der Waals surface area contributed by atoms with Crippen LogP contribution in [0.5, 0.6) is 0 Å². The predicted octanol–water partition coefficient (Wildman–Crippen LogP) is 1.20. The summed E-state index contributed by atoms with van der Waals surface area (Å²) < 4.78 is 9.76. The zero-order valence-electron chi connectivity index (χ0n) is 14.0. The van der Waals surface area contributed by atoms with E-state index in [1.807, 2.05) is 21.8 Å². The summed E-state index contributed by atoms with van der Waals surface area (Å²) in [6.07, 6.45) is 7.50. The third-order valence-corrected chi connectivity index (χ3v) is 4.89. The van der Waals surface area contributed by atoms with E-state index in [0.717, 1.165) is 30.9 Å². The molecular weight excluding hydrogens is 306 g/mol. The summed E-state index contributed by atoms with van der Waals surface area (Å²) in [7, 11) is 0. The highest BCUT2D eigenvalue weighted by Crippen LogP contribution is 2.22. The summed E-state index contributed by atoms with van der Waals surface area (Å²) in [6.45, 7) is 5.57. The predicted molar refractivity (Wildman–Crippen MR) is 87.6 cm³/mol. The van der Waals surface area contributed by atoms with Gasteiger partial charge in [-0.05, 0) is 18.4 Å². The highest BCUT2D eigenvalue weighted by molar-refractivity contribution is 5.92. The largest absolute Gasteiger partial charge is 0.373 e. The molecular formula is C17H23N5O2. The highest BCUT2D eigenvalue weighted by atomic mass is 16.5. The number of aromatic nitrogens is 4. The normalized spacial score (nSPS) is 24.0. The second-order valence-corrected chi connectivity index (χ2v) is 6.79. The standard InChI is InChI=1S/C17H23N5O2/c1-13-3-4-16-18-9-15(22(16)10-13)17(23)20-7-8-24-14(11-20)12-21-6-2-5-19-21/h2,5-6,9,13-14H,3-4,7-8,10-12H2,1H3. The number of nitrogens with zero attached hydrogens (tertiary/aromatic N) is 5. The number of hydrogen-bond donors (Lipinski definition) is 0. The number of amides is 1. The van der Waals surface area contributed by atoms with Crippen molar-refractivity contribution in [3.8, 4) is 0 Å². The molecule has 1 fully saturated rings. The molecule has 2 aliphatic rings. The van der Waals surface area contributed by atoms with Gasteiger partial charge in [0.2, 0.25) is 0 Å². The molecule has 0 aromatic carbocycles. The van der Waals surface area contributed by atoms with Gasteiger partial charge in [-0.15, -0.1) is 0 Å². The lowest BCUT2D eigenvalue weighted by Gasteiger charge is -2.33. The summed E-state index contributed by atoms with van der Waals surface area (Å²) in [5.41, 5.74) is 0.719. The first-order valence-electron chi connectivity index (χ1n) is 8.63. The third kappa shape index (κ3) is 2.96. The van der Waals surface area contributed by atoms with Crippen LogP contribution in [-0.4, -0.2) is 55.9 Å². The van der Waals surface area contributed by atoms with Crippen LogP contribution >= 0.6 is 0 Å². The molecule has 4 rings (SSSR count). The molecule has 24 heavy (non-hydrogen) atoms. The molecule has 2 aromatic rings. The van der Waals surface area contributed by atoms with E-state index in [2.05, 4.69) is 21.6 Å². The number of imidazole rings is 1. The number of carbonyl (C=O) groups is 1. The van der Waals surface area contributed by atoms with E-state index in [1.165, 1.54) is 0 Å². The van der Waals surface area contributed by atoms with Crippen molar-refractivity contribution in [3.05, 3.63) is 36.2 Å². The molecule has 1 amide bonds. The van der Waals surface area contributed by atoms with Gasteiger partial charge in [0.25, 0.3) is 5.91 Å². The number of hydrogen-bond acceptors (Lipinski definition) is 4. The lowest BCUT2D eigenvalue weighted by molar-refractivity contribution is -0.0303. The molecule has 2 aromatic heterocycles. The Morgan fingerprint density at radius 3 is 3.17 bits per heavy atom. The van der Waals surface area contributed by atoms with Crippen molar-refractivity contribution < 1.29 is 9.53 Å². The van der Waals surface area contributed by atoms with Crippen molar-refractivity contribution in [1.82, 2.24) is 24.2 Å². The van der Waals surface area contributed by atoms with Crippen molar-refractivity contribution in [3.63, 3.8) is 0 Å². The molecule has 2 atom stereocenters.